The van der Waals surface area contributed by atoms with Crippen molar-refractivity contribution in [3.63, 3.8) is 0 Å². The maximum Gasteiger partial charge on any atom is 0.274 e. The normalized spacial score (nSPS) is 23.8. The summed E-state index contributed by atoms with van der Waals surface area (Å²) in [6, 6.07) is 10.1. The third-order valence-electron chi connectivity index (χ3n) is 4.73. The Labute approximate surface area is 135 Å². The van der Waals surface area contributed by atoms with Crippen LogP contribution in [0.15, 0.2) is 30.3 Å². The Balaban J connectivity index is 1.57. The van der Waals surface area contributed by atoms with Crippen LogP contribution in [-0.2, 0) is 17.6 Å². The smallest absolute Gasteiger partial charge is 0.274 e. The molecule has 120 valence electrons. The molecule has 23 heavy (non-hydrogen) atoms. The summed E-state index contributed by atoms with van der Waals surface area (Å²) in [7, 11) is 0. The number of H-pyrrole nitrogens is 1. The average Bonchev–Trinajstić information content (AvgIpc) is 3.18. The zero-order chi connectivity index (χ0) is 15.8. The van der Waals surface area contributed by atoms with E-state index in [1.807, 2.05) is 30.0 Å². The monoisotopic (exact) mass is 311 g/mol. The van der Waals surface area contributed by atoms with E-state index in [-0.39, 0.29) is 18.1 Å². The van der Waals surface area contributed by atoms with Crippen molar-refractivity contribution in [2.45, 2.75) is 38.4 Å². The molecular formula is C18H21N3O2. The maximum absolute atomic E-state index is 12.9. The topological polar surface area (TPSA) is 58.2 Å². The Hall–Kier alpha value is -2.14. The third-order valence-corrected chi connectivity index (χ3v) is 4.73. The molecule has 1 saturated heterocycles. The minimum absolute atomic E-state index is 0.0184. The van der Waals surface area contributed by atoms with Gasteiger partial charge in [-0.15, -0.1) is 0 Å². The first kappa shape index (κ1) is 14.5. The van der Waals surface area contributed by atoms with E-state index in [1.165, 1.54) is 0 Å². The fourth-order valence-corrected chi connectivity index (χ4v) is 3.61. The zero-order valence-electron chi connectivity index (χ0n) is 13.3. The number of carbonyl (C=O) groups excluding carboxylic acids is 1. The number of fused-ring (bicyclic) bond motifs is 1. The number of benzene rings is 1. The van der Waals surface area contributed by atoms with Crippen molar-refractivity contribution in [3.05, 3.63) is 52.8 Å². The van der Waals surface area contributed by atoms with Gasteiger partial charge in [0.15, 0.2) is 5.69 Å². The first-order valence-corrected chi connectivity index (χ1v) is 8.28. The number of nitrogens with one attached hydrogen (secondary N) is 1. The molecule has 0 radical (unpaired) electrons. The van der Waals surface area contributed by atoms with Crippen LogP contribution in [0.25, 0.3) is 0 Å². The van der Waals surface area contributed by atoms with Crippen LogP contribution in [0.3, 0.4) is 0 Å². The highest BCUT2D eigenvalue weighted by molar-refractivity contribution is 5.94. The fourth-order valence-electron chi connectivity index (χ4n) is 3.61. The molecule has 2 heterocycles. The summed E-state index contributed by atoms with van der Waals surface area (Å²) in [4.78, 5) is 14.8. The summed E-state index contributed by atoms with van der Waals surface area (Å²) >= 11 is 0. The summed E-state index contributed by atoms with van der Waals surface area (Å²) < 4.78 is 6.04. The Bertz CT molecular complexity index is 710. The molecule has 1 fully saturated rings. The van der Waals surface area contributed by atoms with Gasteiger partial charge in [0.1, 0.15) is 6.10 Å². The second-order valence-electron chi connectivity index (χ2n) is 6.44. The molecule has 1 aliphatic heterocycles. The van der Waals surface area contributed by atoms with Gasteiger partial charge in [-0.05, 0) is 31.7 Å². The van der Waals surface area contributed by atoms with E-state index in [1.54, 1.807) is 0 Å². The van der Waals surface area contributed by atoms with Gasteiger partial charge in [0.05, 0.1) is 12.6 Å². The lowest BCUT2D eigenvalue weighted by Crippen LogP contribution is -2.46. The third kappa shape index (κ3) is 2.65. The van der Waals surface area contributed by atoms with Crippen molar-refractivity contribution in [1.82, 2.24) is 15.1 Å². The largest absolute Gasteiger partial charge is 0.367 e. The van der Waals surface area contributed by atoms with Crippen LogP contribution < -0.4 is 0 Å². The molecule has 1 aromatic heterocycles. The predicted octanol–water partition coefficient (Wildman–Crippen LogP) is 2.50. The lowest BCUT2D eigenvalue weighted by molar-refractivity contribution is -0.0693. The van der Waals surface area contributed by atoms with Crippen molar-refractivity contribution >= 4 is 5.91 Å². The van der Waals surface area contributed by atoms with Crippen LogP contribution in [0.1, 0.15) is 46.8 Å². The molecular weight excluding hydrogens is 290 g/mol. The molecule has 0 bridgehead atoms. The van der Waals surface area contributed by atoms with Crippen molar-refractivity contribution in [2.75, 3.05) is 13.1 Å². The van der Waals surface area contributed by atoms with Crippen LogP contribution in [-0.4, -0.2) is 40.2 Å². The van der Waals surface area contributed by atoms with Gasteiger partial charge >= 0.3 is 0 Å². The van der Waals surface area contributed by atoms with Crippen molar-refractivity contribution in [2.24, 2.45) is 0 Å². The van der Waals surface area contributed by atoms with Gasteiger partial charge in [-0.25, -0.2) is 0 Å². The Morgan fingerprint density at radius 2 is 2.09 bits per heavy atom. The molecule has 0 spiro atoms. The van der Waals surface area contributed by atoms with Gasteiger partial charge in [-0.1, -0.05) is 30.3 Å². The van der Waals surface area contributed by atoms with Crippen LogP contribution in [0.2, 0.25) is 0 Å². The summed E-state index contributed by atoms with van der Waals surface area (Å²) in [6.45, 7) is 3.21. The maximum atomic E-state index is 12.9. The number of nitrogens with zero attached hydrogens (tertiary/aromatic N) is 2. The standard InChI is InChI=1S/C18H21N3O2/c1-12-10-21(11-16(23-12)13-6-3-2-4-7-13)18(22)17-14-8-5-9-15(14)19-20-17/h2-4,6-7,12,16H,5,8-11H2,1H3,(H,19,20)/t12-,16+/m1/s1. The van der Waals surface area contributed by atoms with Crippen LogP contribution in [0.4, 0.5) is 0 Å². The van der Waals surface area contributed by atoms with E-state index in [2.05, 4.69) is 22.3 Å². The number of aromatic amines is 1. The molecule has 4 rings (SSSR count). The van der Waals surface area contributed by atoms with Crippen LogP contribution in [0.5, 0.6) is 0 Å². The molecule has 5 heteroatoms. The predicted molar refractivity (Wildman–Crippen MR) is 86.2 cm³/mol. The van der Waals surface area contributed by atoms with Crippen molar-refractivity contribution < 1.29 is 9.53 Å². The molecule has 1 aliphatic carbocycles. The Kier molecular flexibility index (Phi) is 3.65. The molecule has 1 amide bonds. The van der Waals surface area contributed by atoms with Crippen molar-refractivity contribution in [3.8, 4) is 0 Å². The second-order valence-corrected chi connectivity index (χ2v) is 6.44. The zero-order valence-corrected chi connectivity index (χ0v) is 13.3. The van der Waals surface area contributed by atoms with Gasteiger partial charge in [0.2, 0.25) is 0 Å². The van der Waals surface area contributed by atoms with Gasteiger partial charge in [-0.3, -0.25) is 9.89 Å². The summed E-state index contributed by atoms with van der Waals surface area (Å²) in [5.74, 6) is 0.0282. The molecule has 1 N–H and O–H groups in total. The molecule has 2 aliphatic rings. The summed E-state index contributed by atoms with van der Waals surface area (Å²) in [6.07, 6.45) is 3.01. The van der Waals surface area contributed by atoms with Gasteiger partial charge in [0, 0.05) is 17.8 Å². The van der Waals surface area contributed by atoms with E-state index in [0.717, 1.165) is 36.1 Å². The highest BCUT2D eigenvalue weighted by Gasteiger charge is 2.33. The SMILES string of the molecule is C[C@@H]1CN(C(=O)c2n[nH]c3c2CCC3)C[C@@H](c2ccccc2)O1. The van der Waals surface area contributed by atoms with Gasteiger partial charge in [-0.2, -0.15) is 5.10 Å². The number of ether oxygens (including phenoxy) is 1. The minimum Gasteiger partial charge on any atom is -0.367 e. The fraction of sp³-hybridized carbons (Fsp3) is 0.444. The number of hydrogen-bond acceptors (Lipinski definition) is 3. The Morgan fingerprint density at radius 3 is 2.91 bits per heavy atom. The molecule has 2 aromatic rings. The van der Waals surface area contributed by atoms with E-state index in [0.29, 0.717) is 18.8 Å². The minimum atomic E-state index is -0.0732. The molecule has 2 atom stereocenters. The number of aryl methyl sites for hydroxylation is 1. The first-order valence-electron chi connectivity index (χ1n) is 8.28. The molecule has 0 unspecified atom stereocenters. The highest BCUT2D eigenvalue weighted by Crippen LogP contribution is 2.28. The number of amides is 1. The van der Waals surface area contributed by atoms with E-state index in [9.17, 15) is 4.79 Å². The summed E-state index contributed by atoms with van der Waals surface area (Å²) in [5.41, 5.74) is 3.97. The van der Waals surface area contributed by atoms with E-state index in [4.69, 9.17) is 4.74 Å². The molecule has 1 aromatic carbocycles. The lowest BCUT2D eigenvalue weighted by Gasteiger charge is -2.36. The Morgan fingerprint density at radius 1 is 1.26 bits per heavy atom. The molecule has 5 nitrogen and oxygen atoms in total. The summed E-state index contributed by atoms with van der Waals surface area (Å²) in [5, 5.41) is 7.31. The quantitative estimate of drug-likeness (QED) is 0.927. The number of rotatable bonds is 2. The van der Waals surface area contributed by atoms with Crippen LogP contribution >= 0.6 is 0 Å². The average molecular weight is 311 g/mol. The van der Waals surface area contributed by atoms with E-state index >= 15 is 0 Å². The second kappa shape index (κ2) is 5.81. The van der Waals surface area contributed by atoms with Gasteiger partial charge in [0.25, 0.3) is 5.91 Å². The number of morpholine rings is 1. The number of carbonyl (C=O) groups is 1. The number of hydrogen-bond donors (Lipinski definition) is 1. The van der Waals surface area contributed by atoms with Gasteiger partial charge < -0.3 is 9.64 Å². The van der Waals surface area contributed by atoms with Crippen molar-refractivity contribution in [1.29, 1.82) is 0 Å². The first-order chi connectivity index (χ1) is 11.2. The number of aromatic nitrogens is 2. The lowest BCUT2D eigenvalue weighted by atomic mass is 10.1. The van der Waals surface area contributed by atoms with Crippen LogP contribution in [0, 0.1) is 0 Å². The highest BCUT2D eigenvalue weighted by atomic mass is 16.5. The van der Waals surface area contributed by atoms with E-state index < -0.39 is 0 Å². The molecule has 0 saturated carbocycles.